The number of nitrogens with zero attached hydrogens (tertiary/aromatic N) is 5. The molecular formula is C22H21N5O2S. The van der Waals surface area contributed by atoms with Gasteiger partial charge in [0.25, 0.3) is 5.91 Å². The van der Waals surface area contributed by atoms with E-state index in [2.05, 4.69) is 15.0 Å². The van der Waals surface area contributed by atoms with Crippen LogP contribution in [0.3, 0.4) is 0 Å². The van der Waals surface area contributed by atoms with Gasteiger partial charge in [-0.1, -0.05) is 12.1 Å². The van der Waals surface area contributed by atoms with Crippen molar-refractivity contribution >= 4 is 27.6 Å². The third-order valence-corrected chi connectivity index (χ3v) is 5.71. The molecule has 0 aliphatic carbocycles. The summed E-state index contributed by atoms with van der Waals surface area (Å²) in [7, 11) is 2.21. The first-order valence-corrected chi connectivity index (χ1v) is 10.9. The maximum atomic E-state index is 12.4. The minimum atomic E-state index is -1.20. The average molecular weight is 420 g/mol. The summed E-state index contributed by atoms with van der Waals surface area (Å²) in [6.45, 7) is 1.93. The van der Waals surface area contributed by atoms with Gasteiger partial charge in [-0.15, -0.1) is 0 Å². The number of rotatable bonds is 4. The molecule has 0 aliphatic rings. The van der Waals surface area contributed by atoms with Crippen molar-refractivity contribution in [3.63, 3.8) is 0 Å². The monoisotopic (exact) mass is 419 g/mol. The van der Waals surface area contributed by atoms with Crippen molar-refractivity contribution in [2.45, 2.75) is 11.8 Å². The van der Waals surface area contributed by atoms with Crippen molar-refractivity contribution in [2.24, 2.45) is 0 Å². The highest BCUT2D eigenvalue weighted by atomic mass is 32.2. The van der Waals surface area contributed by atoms with Crippen molar-refractivity contribution in [2.75, 3.05) is 20.4 Å². The van der Waals surface area contributed by atoms with Crippen molar-refractivity contribution in [3.8, 4) is 17.2 Å². The first-order chi connectivity index (χ1) is 14.3. The fourth-order valence-corrected chi connectivity index (χ4v) is 4.00. The summed E-state index contributed by atoms with van der Waals surface area (Å²) in [4.78, 5) is 28.1. The highest BCUT2D eigenvalue weighted by Crippen LogP contribution is 2.27. The Morgan fingerprint density at radius 1 is 1.10 bits per heavy atom. The molecule has 30 heavy (non-hydrogen) atoms. The standard InChI is InChI=1S/C22H21N5O2S/c1-14-6-5-7-18(25-14)16-11-23-22(24-12-16)27-13-20(30(4)29)17-9-8-15(10-19(17)27)21(28)26(2)3/h5-13H,1-4H3. The molecular weight excluding hydrogens is 398 g/mol. The molecule has 1 atom stereocenters. The predicted molar refractivity (Wildman–Crippen MR) is 117 cm³/mol. The first kappa shape index (κ1) is 19.9. The summed E-state index contributed by atoms with van der Waals surface area (Å²) in [6, 6.07) is 11.1. The van der Waals surface area contributed by atoms with Crippen LogP contribution < -0.4 is 0 Å². The second-order valence-corrected chi connectivity index (χ2v) is 8.53. The number of amides is 1. The van der Waals surface area contributed by atoms with Crippen LogP contribution in [-0.4, -0.2) is 54.9 Å². The van der Waals surface area contributed by atoms with Gasteiger partial charge in [0, 0.05) is 61.1 Å². The molecule has 4 rings (SSSR count). The van der Waals surface area contributed by atoms with E-state index >= 15 is 0 Å². The number of carbonyl (C=O) groups is 1. The molecule has 0 aliphatic heterocycles. The third kappa shape index (κ3) is 3.61. The molecule has 0 fully saturated rings. The second-order valence-electron chi connectivity index (χ2n) is 7.18. The van der Waals surface area contributed by atoms with E-state index in [4.69, 9.17) is 0 Å². The van der Waals surface area contributed by atoms with Gasteiger partial charge >= 0.3 is 0 Å². The highest BCUT2D eigenvalue weighted by Gasteiger charge is 2.17. The van der Waals surface area contributed by atoms with E-state index in [0.29, 0.717) is 16.4 Å². The summed E-state index contributed by atoms with van der Waals surface area (Å²) in [6.07, 6.45) is 6.83. The van der Waals surface area contributed by atoms with E-state index in [-0.39, 0.29) is 5.91 Å². The third-order valence-electron chi connectivity index (χ3n) is 4.77. The van der Waals surface area contributed by atoms with Gasteiger partial charge in [0.1, 0.15) is 0 Å². The summed E-state index contributed by atoms with van der Waals surface area (Å²) in [5.74, 6) is 0.327. The van der Waals surface area contributed by atoms with E-state index < -0.39 is 10.8 Å². The normalized spacial score (nSPS) is 12.1. The lowest BCUT2D eigenvalue weighted by Crippen LogP contribution is -2.21. The Kier molecular flexibility index (Phi) is 5.17. The lowest BCUT2D eigenvalue weighted by molar-refractivity contribution is 0.0827. The molecule has 4 aromatic rings. The summed E-state index contributed by atoms with van der Waals surface area (Å²) in [5, 5.41) is 0.805. The minimum absolute atomic E-state index is 0.106. The smallest absolute Gasteiger partial charge is 0.253 e. The zero-order valence-electron chi connectivity index (χ0n) is 17.2. The van der Waals surface area contributed by atoms with E-state index in [1.807, 2.05) is 31.2 Å². The molecule has 1 aromatic carbocycles. The van der Waals surface area contributed by atoms with Crippen molar-refractivity contribution < 1.29 is 9.00 Å². The maximum absolute atomic E-state index is 12.4. The number of benzene rings is 1. The molecule has 0 N–H and O–H groups in total. The van der Waals surface area contributed by atoms with Crippen LogP contribution in [-0.2, 0) is 10.8 Å². The summed E-state index contributed by atoms with van der Waals surface area (Å²) < 4.78 is 14.0. The van der Waals surface area contributed by atoms with Crippen LogP contribution in [0.25, 0.3) is 28.1 Å². The van der Waals surface area contributed by atoms with E-state index in [0.717, 1.165) is 27.9 Å². The number of aromatic nitrogens is 4. The molecule has 1 unspecified atom stereocenters. The van der Waals surface area contributed by atoms with Gasteiger partial charge in [-0.3, -0.25) is 18.6 Å². The number of carbonyl (C=O) groups excluding carboxylic acids is 1. The summed E-state index contributed by atoms with van der Waals surface area (Å²) in [5.41, 5.74) is 3.80. The SMILES string of the molecule is Cc1cccc(-c2cnc(-n3cc(S(C)=O)c4ccc(C(=O)N(C)C)cc43)nc2)n1. The maximum Gasteiger partial charge on any atom is 0.253 e. The van der Waals surface area contributed by atoms with Crippen LogP contribution in [0.4, 0.5) is 0 Å². The number of hydrogen-bond acceptors (Lipinski definition) is 5. The molecule has 7 nitrogen and oxygen atoms in total. The number of aryl methyl sites for hydroxylation is 1. The fraction of sp³-hybridized carbons (Fsp3) is 0.182. The fourth-order valence-electron chi connectivity index (χ4n) is 3.26. The number of fused-ring (bicyclic) bond motifs is 1. The second kappa shape index (κ2) is 7.79. The van der Waals surface area contributed by atoms with Crippen LogP contribution >= 0.6 is 0 Å². The number of pyridine rings is 1. The minimum Gasteiger partial charge on any atom is -0.345 e. The van der Waals surface area contributed by atoms with Gasteiger partial charge in [-0.05, 0) is 31.2 Å². The molecule has 3 heterocycles. The average Bonchev–Trinajstić information content (AvgIpc) is 3.12. The van der Waals surface area contributed by atoms with Crippen LogP contribution in [0.1, 0.15) is 16.1 Å². The van der Waals surface area contributed by atoms with Gasteiger partial charge < -0.3 is 4.90 Å². The van der Waals surface area contributed by atoms with Crippen LogP contribution in [0, 0.1) is 6.92 Å². The van der Waals surface area contributed by atoms with Crippen LogP contribution in [0.5, 0.6) is 0 Å². The van der Waals surface area contributed by atoms with Crippen molar-refractivity contribution in [1.82, 2.24) is 24.4 Å². The molecule has 1 amide bonds. The summed E-state index contributed by atoms with van der Waals surface area (Å²) >= 11 is 0. The van der Waals surface area contributed by atoms with Gasteiger partial charge in [0.2, 0.25) is 5.95 Å². The van der Waals surface area contributed by atoms with Gasteiger partial charge in [0.15, 0.2) is 0 Å². The van der Waals surface area contributed by atoms with Crippen LogP contribution in [0.15, 0.2) is 59.9 Å². The molecule has 152 valence electrons. The predicted octanol–water partition coefficient (Wildman–Crippen LogP) is 3.23. The van der Waals surface area contributed by atoms with Gasteiger partial charge in [-0.2, -0.15) is 0 Å². The van der Waals surface area contributed by atoms with E-state index in [1.165, 1.54) is 4.90 Å². The largest absolute Gasteiger partial charge is 0.345 e. The Balaban J connectivity index is 1.84. The Morgan fingerprint density at radius 3 is 2.47 bits per heavy atom. The van der Waals surface area contributed by atoms with Crippen LogP contribution in [0.2, 0.25) is 0 Å². The molecule has 0 saturated carbocycles. The molecule has 3 aromatic heterocycles. The zero-order chi connectivity index (χ0) is 21.4. The quantitative estimate of drug-likeness (QED) is 0.507. The molecule has 0 spiro atoms. The Labute approximate surface area is 176 Å². The van der Waals surface area contributed by atoms with Crippen molar-refractivity contribution in [3.05, 3.63) is 66.2 Å². The zero-order valence-corrected chi connectivity index (χ0v) is 18.0. The molecule has 0 saturated heterocycles. The van der Waals surface area contributed by atoms with Crippen molar-refractivity contribution in [1.29, 1.82) is 0 Å². The van der Waals surface area contributed by atoms with E-state index in [1.54, 1.807) is 55.6 Å². The topological polar surface area (TPSA) is 81.0 Å². The van der Waals surface area contributed by atoms with Gasteiger partial charge in [-0.25, -0.2) is 9.97 Å². The van der Waals surface area contributed by atoms with Gasteiger partial charge in [0.05, 0.1) is 26.9 Å². The van der Waals surface area contributed by atoms with E-state index in [9.17, 15) is 9.00 Å². The molecule has 0 radical (unpaired) electrons. The highest BCUT2D eigenvalue weighted by molar-refractivity contribution is 7.84. The lowest BCUT2D eigenvalue weighted by atomic mass is 10.1. The Bertz CT molecular complexity index is 1280. The Hall–Kier alpha value is -3.39. The molecule has 0 bridgehead atoms. The number of hydrogen-bond donors (Lipinski definition) is 0. The molecule has 8 heteroatoms. The first-order valence-electron chi connectivity index (χ1n) is 9.32. The lowest BCUT2D eigenvalue weighted by Gasteiger charge is -2.11. The Morgan fingerprint density at radius 2 is 1.83 bits per heavy atom.